The smallest absolute Gasteiger partial charge is 0.249 e. The fraction of sp³-hybridized carbons (Fsp3) is 0.769. The number of hydrogen-bond donors (Lipinski definition) is 1. The average molecular weight is 237 g/mol. The van der Waals surface area contributed by atoms with E-state index in [4.69, 9.17) is 0 Å². The van der Waals surface area contributed by atoms with Gasteiger partial charge in [-0.2, -0.15) is 0 Å². The lowest BCUT2D eigenvalue weighted by molar-refractivity contribution is -0.128. The maximum absolute atomic E-state index is 12.2. The molecule has 0 aliphatic carbocycles. The number of nitrogens with zero attached hydrogens (tertiary/aromatic N) is 2. The fourth-order valence-electron chi connectivity index (χ4n) is 2.49. The number of nitrogens with one attached hydrogen (secondary N) is 1. The minimum Gasteiger partial charge on any atom is -0.339 e. The van der Waals surface area contributed by atoms with E-state index in [0.717, 1.165) is 44.6 Å². The number of carbonyl (C=O) groups is 1. The number of likely N-dealkylation sites (tertiary alicyclic amines) is 1. The van der Waals surface area contributed by atoms with Crippen molar-refractivity contribution in [2.24, 2.45) is 0 Å². The molecule has 0 atom stereocenters. The van der Waals surface area contributed by atoms with Crippen LogP contribution in [0.3, 0.4) is 0 Å². The zero-order valence-electron chi connectivity index (χ0n) is 11.1. The van der Waals surface area contributed by atoms with Crippen LogP contribution in [0.5, 0.6) is 0 Å². The summed E-state index contributed by atoms with van der Waals surface area (Å²) in [6, 6.07) is 0.636. The Hall–Kier alpha value is -0.870. The Morgan fingerprint density at radius 3 is 2.29 bits per heavy atom. The molecule has 2 aliphatic rings. The Morgan fingerprint density at radius 1 is 1.29 bits per heavy atom. The second-order valence-corrected chi connectivity index (χ2v) is 5.32. The van der Waals surface area contributed by atoms with Crippen LogP contribution in [0.2, 0.25) is 0 Å². The van der Waals surface area contributed by atoms with Crippen molar-refractivity contribution in [2.45, 2.75) is 25.8 Å². The van der Waals surface area contributed by atoms with Crippen LogP contribution in [-0.2, 0) is 4.79 Å². The predicted molar refractivity (Wildman–Crippen MR) is 68.9 cm³/mol. The van der Waals surface area contributed by atoms with Gasteiger partial charge in [-0.25, -0.2) is 0 Å². The molecule has 0 aromatic rings. The molecule has 0 aromatic heterocycles. The monoisotopic (exact) mass is 237 g/mol. The Morgan fingerprint density at radius 2 is 1.88 bits per heavy atom. The fourth-order valence-corrected chi connectivity index (χ4v) is 2.49. The van der Waals surface area contributed by atoms with Gasteiger partial charge in [-0.05, 0) is 39.4 Å². The highest BCUT2D eigenvalue weighted by molar-refractivity contribution is 5.94. The van der Waals surface area contributed by atoms with E-state index in [2.05, 4.69) is 24.3 Å². The van der Waals surface area contributed by atoms with Gasteiger partial charge in [0.15, 0.2) is 0 Å². The van der Waals surface area contributed by atoms with Crippen LogP contribution >= 0.6 is 0 Å². The number of piperidine rings is 1. The molecule has 4 heteroatoms. The number of rotatable bonds is 2. The quantitative estimate of drug-likeness (QED) is 0.709. The molecule has 0 spiro atoms. The van der Waals surface area contributed by atoms with Crippen LogP contribution in [0, 0.1) is 0 Å². The van der Waals surface area contributed by atoms with Crippen LogP contribution in [0.15, 0.2) is 11.1 Å². The Kier molecular flexibility index (Phi) is 3.84. The van der Waals surface area contributed by atoms with Gasteiger partial charge in [-0.15, -0.1) is 0 Å². The standard InChI is InChI=1S/C13H23N3O/c1-10(11-8-14-9-11)13(17)16-6-4-12(5-7-16)15(2)3/h12,14H,4-9H2,1-3H3. The molecule has 2 heterocycles. The van der Waals surface area contributed by atoms with Crippen molar-refractivity contribution in [1.82, 2.24) is 15.1 Å². The molecule has 17 heavy (non-hydrogen) atoms. The molecule has 0 unspecified atom stereocenters. The van der Waals surface area contributed by atoms with Gasteiger partial charge in [0.05, 0.1) is 0 Å². The topological polar surface area (TPSA) is 35.6 Å². The summed E-state index contributed by atoms with van der Waals surface area (Å²) in [6.07, 6.45) is 2.19. The molecule has 0 saturated carbocycles. The highest BCUT2D eigenvalue weighted by Gasteiger charge is 2.26. The first-order chi connectivity index (χ1) is 8.09. The maximum atomic E-state index is 12.2. The molecule has 2 saturated heterocycles. The van der Waals surface area contributed by atoms with Gasteiger partial charge < -0.3 is 15.1 Å². The highest BCUT2D eigenvalue weighted by Crippen LogP contribution is 2.18. The van der Waals surface area contributed by atoms with Crippen molar-refractivity contribution in [3.8, 4) is 0 Å². The van der Waals surface area contributed by atoms with Gasteiger partial charge >= 0.3 is 0 Å². The largest absolute Gasteiger partial charge is 0.339 e. The van der Waals surface area contributed by atoms with Crippen molar-refractivity contribution in [2.75, 3.05) is 40.3 Å². The van der Waals surface area contributed by atoms with Crippen molar-refractivity contribution in [3.05, 3.63) is 11.1 Å². The first-order valence-corrected chi connectivity index (χ1v) is 6.44. The summed E-state index contributed by atoms with van der Waals surface area (Å²) in [5.41, 5.74) is 2.25. The lowest BCUT2D eigenvalue weighted by Gasteiger charge is -2.36. The lowest BCUT2D eigenvalue weighted by Crippen LogP contribution is -2.46. The van der Waals surface area contributed by atoms with Crippen molar-refractivity contribution in [1.29, 1.82) is 0 Å². The SMILES string of the molecule is CC(C(=O)N1CCC(N(C)C)CC1)=C1CNC1. The molecule has 2 rings (SSSR count). The van der Waals surface area contributed by atoms with Crippen LogP contribution < -0.4 is 5.32 Å². The minimum atomic E-state index is 0.249. The Bertz CT molecular complexity index is 322. The summed E-state index contributed by atoms with van der Waals surface area (Å²) in [5.74, 6) is 0.249. The van der Waals surface area contributed by atoms with E-state index in [0.29, 0.717) is 6.04 Å². The third kappa shape index (κ3) is 2.69. The molecule has 1 N–H and O–H groups in total. The summed E-state index contributed by atoms with van der Waals surface area (Å²) >= 11 is 0. The van der Waals surface area contributed by atoms with Crippen molar-refractivity contribution < 1.29 is 4.79 Å². The van der Waals surface area contributed by atoms with Gasteiger partial charge in [0, 0.05) is 37.8 Å². The van der Waals surface area contributed by atoms with E-state index in [1.54, 1.807) is 0 Å². The number of carbonyl (C=O) groups excluding carboxylic acids is 1. The van der Waals surface area contributed by atoms with E-state index >= 15 is 0 Å². The normalized spacial score (nSPS) is 21.6. The summed E-state index contributed by atoms with van der Waals surface area (Å²) in [6.45, 7) is 5.56. The summed E-state index contributed by atoms with van der Waals surface area (Å²) in [4.78, 5) is 16.5. The molecular weight excluding hydrogens is 214 g/mol. The molecule has 0 radical (unpaired) electrons. The van der Waals surface area contributed by atoms with Crippen LogP contribution in [0.4, 0.5) is 0 Å². The van der Waals surface area contributed by atoms with Gasteiger partial charge in [0.1, 0.15) is 0 Å². The zero-order valence-corrected chi connectivity index (χ0v) is 11.1. The highest BCUT2D eigenvalue weighted by atomic mass is 16.2. The minimum absolute atomic E-state index is 0.249. The number of amides is 1. The third-order valence-electron chi connectivity index (χ3n) is 4.01. The summed E-state index contributed by atoms with van der Waals surface area (Å²) in [5, 5.41) is 3.19. The summed E-state index contributed by atoms with van der Waals surface area (Å²) in [7, 11) is 4.24. The van der Waals surface area contributed by atoms with Crippen molar-refractivity contribution in [3.63, 3.8) is 0 Å². The van der Waals surface area contributed by atoms with E-state index in [-0.39, 0.29) is 5.91 Å². The third-order valence-corrected chi connectivity index (χ3v) is 4.01. The molecule has 2 fully saturated rings. The predicted octanol–water partition coefficient (Wildman–Crippen LogP) is 0.459. The second-order valence-electron chi connectivity index (χ2n) is 5.32. The molecule has 1 amide bonds. The second kappa shape index (κ2) is 5.19. The summed E-state index contributed by atoms with van der Waals surface area (Å²) < 4.78 is 0. The number of hydrogen-bond acceptors (Lipinski definition) is 3. The first-order valence-electron chi connectivity index (χ1n) is 6.44. The molecule has 96 valence electrons. The molecule has 0 bridgehead atoms. The molecule has 4 nitrogen and oxygen atoms in total. The Labute approximate surface area is 104 Å². The van der Waals surface area contributed by atoms with Crippen LogP contribution in [0.25, 0.3) is 0 Å². The average Bonchev–Trinajstić information content (AvgIpc) is 2.25. The Balaban J connectivity index is 1.90. The van der Waals surface area contributed by atoms with Gasteiger partial charge in [0.2, 0.25) is 5.91 Å². The molecule has 0 aromatic carbocycles. The van der Waals surface area contributed by atoms with E-state index in [9.17, 15) is 4.79 Å². The first kappa shape index (κ1) is 12.6. The van der Waals surface area contributed by atoms with Crippen molar-refractivity contribution >= 4 is 5.91 Å². The lowest BCUT2D eigenvalue weighted by atomic mass is 10.00. The van der Waals surface area contributed by atoms with Gasteiger partial charge in [-0.3, -0.25) is 4.79 Å². The van der Waals surface area contributed by atoms with E-state index in [1.807, 2.05) is 11.8 Å². The van der Waals surface area contributed by atoms with E-state index in [1.165, 1.54) is 5.57 Å². The van der Waals surface area contributed by atoms with Gasteiger partial charge in [0.25, 0.3) is 0 Å². The van der Waals surface area contributed by atoms with E-state index < -0.39 is 0 Å². The van der Waals surface area contributed by atoms with Crippen LogP contribution in [0.1, 0.15) is 19.8 Å². The van der Waals surface area contributed by atoms with Gasteiger partial charge in [-0.1, -0.05) is 0 Å². The zero-order chi connectivity index (χ0) is 12.4. The maximum Gasteiger partial charge on any atom is 0.249 e. The van der Waals surface area contributed by atoms with Crippen LogP contribution in [-0.4, -0.2) is 62.0 Å². The molecular formula is C13H23N3O. The molecule has 2 aliphatic heterocycles.